The number of rotatable bonds is 53. The first kappa shape index (κ1) is 98.5. The third-order valence-corrected chi connectivity index (χ3v) is 15.8. The first-order valence-corrected chi connectivity index (χ1v) is 32.6. The van der Waals surface area contributed by atoms with E-state index >= 15 is 0 Å². The molecule has 0 fully saturated rings. The summed E-state index contributed by atoms with van der Waals surface area (Å²) in [5.41, 5.74) is 0. The van der Waals surface area contributed by atoms with Crippen LogP contribution in [-0.2, 0) is 90.8 Å². The smallest absolute Gasteiger partial charge is 0.550 e. The quantitative estimate of drug-likeness (QED) is 0.0207. The molecule has 0 saturated carbocycles. The molecule has 0 saturated heterocycles. The predicted octanol–water partition coefficient (Wildman–Crippen LogP) is -7.86. The van der Waals surface area contributed by atoms with E-state index in [4.69, 9.17) is 16.0 Å². The van der Waals surface area contributed by atoms with Crippen LogP contribution in [0.1, 0.15) is 209 Å². The van der Waals surface area contributed by atoms with Crippen molar-refractivity contribution in [1.82, 2.24) is 21.3 Å². The molecule has 0 aromatic heterocycles. The van der Waals surface area contributed by atoms with Gasteiger partial charge in [0.05, 0.1) is 32.8 Å². The van der Waals surface area contributed by atoms with Gasteiger partial charge in [0.1, 0.15) is 48.1 Å². The molecule has 97 heavy (non-hydrogen) atoms. The Bertz CT molecular complexity index is 2680. The van der Waals surface area contributed by atoms with E-state index in [1.54, 1.807) is 13.8 Å². The number of carbonyl (C=O) groups excluding carboxylic acids is 14. The van der Waals surface area contributed by atoms with Gasteiger partial charge in [-0.25, -0.2) is 9.59 Å². The molecule has 0 bridgehead atoms. The van der Waals surface area contributed by atoms with Gasteiger partial charge in [0.15, 0.2) is 0 Å². The van der Waals surface area contributed by atoms with Crippen molar-refractivity contribution in [2.75, 3.05) is 6.66 Å². The number of carboxylic acid groups (broad SMARTS) is 7. The second-order valence-electron chi connectivity index (χ2n) is 24.1. The third kappa shape index (κ3) is 48.5. The Labute approximate surface area is 635 Å². The Morgan fingerprint density at radius 1 is 0.402 bits per heavy atom. The molecule has 34 heteroatoms. The summed E-state index contributed by atoms with van der Waals surface area (Å²) < 4.78 is 12.0. The number of carbonyl (C=O) groups is 18. The second kappa shape index (κ2) is 55.8. The van der Waals surface area contributed by atoms with Crippen LogP contribution in [0.5, 0.6) is 0 Å². The standard InChI is InChI=1S/C32H51N2O13P.C31H48N2O13.3Na/c1-6-20(7-11-27(38)33-23(31(43)44)9-13-29(40)41)25(36)17-22(15-18(2)3)26(37)16-21(19(4)35)8-12-28(39)34-24(32(45)46)10-14-30(42)47-48-5;1-5-19(6-10-26(37)32-22(30(43)44)8-12-28(39)40)24(35)16-21(14-17(2)3)25(36)15-20(18(4)34)7-11-27(38)33-23(31(45)46)9-13-29(41)42;;;/h18,20-24,48H,6-17H2,1-5H3,(H,33,38)(H,34,39)(H,40,41)(H,43,44)(H,45,46);17,19-23H,5-16H2,1-4H3,(H,32,37)(H,33,38)(H,39,40)(H,41,42)(H,43,44)(H,45,46);;;/q;;3*+1/p-3/i48T;;;;. The SMILES string of the molecule is CCC(CCC(=O)NC(CCC(=O)O)C(=O)O)C(=O)CC(CC(C)C)C(=O)CC(CCC(=O)NC(CCC(=O)O)C(=O)O)C(C)=O.[3H]P(C)OC(=O)CCC(NC(=O)CCC(CC(=O)C(CC(=O)C(CC)CCC(=O)NC(CCC(=O)[O-])C(=O)[O-])CC(C)C)C(C)=O)C(=O)[O-].[Na+].[Na+].[Na+]. The van der Waals surface area contributed by atoms with Crippen molar-refractivity contribution in [3.8, 4) is 0 Å². The molecule has 0 aliphatic heterocycles. The van der Waals surface area contributed by atoms with E-state index < -0.39 is 165 Å². The molecule has 11 atom stereocenters. The van der Waals surface area contributed by atoms with Crippen LogP contribution in [0.3, 0.4) is 0 Å². The van der Waals surface area contributed by atoms with E-state index in [2.05, 4.69) is 21.3 Å². The zero-order valence-electron chi connectivity index (χ0n) is 59.1. The van der Waals surface area contributed by atoms with E-state index in [1.807, 2.05) is 27.7 Å². The van der Waals surface area contributed by atoms with Crippen molar-refractivity contribution in [2.45, 2.75) is 234 Å². The van der Waals surface area contributed by atoms with Crippen molar-refractivity contribution in [2.24, 2.45) is 47.3 Å². The van der Waals surface area contributed by atoms with Gasteiger partial charge in [0, 0.05) is 112 Å². The maximum atomic E-state index is 13.4. The summed E-state index contributed by atoms with van der Waals surface area (Å²) in [5.74, 6) is -20.1. The Kier molecular flexibility index (Phi) is 56.7. The van der Waals surface area contributed by atoms with Crippen LogP contribution in [0, 0.1) is 47.3 Å². The number of amides is 4. The number of carboxylic acids is 7. The summed E-state index contributed by atoms with van der Waals surface area (Å²) in [5, 5.41) is 78.3. The average Bonchev–Trinajstić information content (AvgIpc) is 0.920. The van der Waals surface area contributed by atoms with Gasteiger partial charge in [0.2, 0.25) is 23.6 Å². The zero-order chi connectivity index (χ0) is 73.4. The predicted molar refractivity (Wildman–Crippen MR) is 328 cm³/mol. The molecular formula is C63H96N4Na3O26P. The van der Waals surface area contributed by atoms with Gasteiger partial charge in [-0.15, -0.1) is 0 Å². The molecule has 4 amide bonds. The van der Waals surface area contributed by atoms with Crippen molar-refractivity contribution in [3.05, 3.63) is 0 Å². The zero-order valence-corrected chi connectivity index (χ0v) is 65.0. The van der Waals surface area contributed by atoms with Gasteiger partial charge in [-0.1, -0.05) is 41.5 Å². The van der Waals surface area contributed by atoms with Crippen LogP contribution in [0.2, 0.25) is 0 Å². The Hall–Kier alpha value is -4.91. The normalized spacial score (nSPS) is 14.2. The number of hydrogen-bond acceptors (Lipinski definition) is 22. The summed E-state index contributed by atoms with van der Waals surface area (Å²) in [6.07, 6.45) is -3.71. The minimum absolute atomic E-state index is 0. The molecule has 532 valence electrons. The number of ketones is 6. The number of aliphatic carboxylic acids is 7. The number of Topliss-reactive ketones (excluding diaryl/α,β-unsaturated/α-hetero) is 6. The molecule has 0 heterocycles. The largest absolute Gasteiger partial charge is 1.00 e. The summed E-state index contributed by atoms with van der Waals surface area (Å²) >= 11 is 0. The molecule has 0 aromatic rings. The molecule has 30 nitrogen and oxygen atoms in total. The number of nitrogens with one attached hydrogen (secondary N) is 4. The Morgan fingerprint density at radius 2 is 0.670 bits per heavy atom. The first-order valence-electron chi connectivity index (χ1n) is 31.8. The molecule has 0 radical (unpaired) electrons. The van der Waals surface area contributed by atoms with E-state index in [0.29, 0.717) is 25.7 Å². The van der Waals surface area contributed by atoms with Gasteiger partial charge in [0.25, 0.3) is 0 Å². The minimum atomic E-state index is -1.74. The van der Waals surface area contributed by atoms with Crippen LogP contribution in [0.4, 0.5) is 0 Å². The second-order valence-corrected chi connectivity index (χ2v) is 24.6. The average molecular weight is 1430 g/mol. The van der Waals surface area contributed by atoms with Crippen molar-refractivity contribution >= 4 is 115 Å². The van der Waals surface area contributed by atoms with Crippen LogP contribution in [-0.4, -0.2) is 159 Å². The van der Waals surface area contributed by atoms with E-state index in [0.717, 1.165) is 0 Å². The summed E-state index contributed by atoms with van der Waals surface area (Å²) in [4.78, 5) is 217. The van der Waals surface area contributed by atoms with Gasteiger partial charge < -0.3 is 75.9 Å². The maximum Gasteiger partial charge on any atom is 1.00 e. The molecule has 0 rings (SSSR count). The molecule has 0 spiro atoms. The van der Waals surface area contributed by atoms with Crippen molar-refractivity contribution < 1.29 is 215 Å². The summed E-state index contributed by atoms with van der Waals surface area (Å²) in [7, 11) is -1.74. The van der Waals surface area contributed by atoms with E-state index in [9.17, 15) is 112 Å². The first-order chi connectivity index (χ1) is 44.1. The van der Waals surface area contributed by atoms with Crippen molar-refractivity contribution in [3.63, 3.8) is 0 Å². The fraction of sp³-hybridized carbons (Fsp3) is 0.714. The van der Waals surface area contributed by atoms with E-state index in [1.165, 1.54) is 20.5 Å². The minimum Gasteiger partial charge on any atom is -0.550 e. The molecule has 0 aliphatic carbocycles. The molecular weight excluding hydrogens is 1330 g/mol. The summed E-state index contributed by atoms with van der Waals surface area (Å²) in [6.45, 7) is 14.8. The fourth-order valence-corrected chi connectivity index (χ4v) is 10.3. The van der Waals surface area contributed by atoms with Gasteiger partial charge in [-0.3, -0.25) is 62.3 Å². The monoisotopic (exact) mass is 1430 g/mol. The van der Waals surface area contributed by atoms with Crippen molar-refractivity contribution in [1.29, 1.82) is 1.28 Å². The third-order valence-electron chi connectivity index (χ3n) is 15.4. The fourth-order valence-electron chi connectivity index (χ4n) is 10.0. The maximum absolute atomic E-state index is 13.4. The topological polar surface area (TPSA) is 515 Å². The molecule has 11 unspecified atom stereocenters. The van der Waals surface area contributed by atoms with Crippen LogP contribution in [0.15, 0.2) is 0 Å². The van der Waals surface area contributed by atoms with Gasteiger partial charge in [-0.2, -0.15) is 0 Å². The molecule has 0 aromatic carbocycles. The van der Waals surface area contributed by atoms with Gasteiger partial charge in [-0.05, 0) is 116 Å². The van der Waals surface area contributed by atoms with Gasteiger partial charge >= 0.3 is 119 Å². The van der Waals surface area contributed by atoms with Crippen LogP contribution >= 0.6 is 8.75 Å². The number of hydrogen-bond donors (Lipinski definition) is 8. The molecule has 8 N–H and O–H groups in total. The molecule has 0 aliphatic rings. The van der Waals surface area contributed by atoms with Crippen LogP contribution < -0.4 is 125 Å². The Morgan fingerprint density at radius 3 is 0.918 bits per heavy atom. The van der Waals surface area contributed by atoms with E-state index in [-0.39, 0.29) is 238 Å². The summed E-state index contributed by atoms with van der Waals surface area (Å²) in [6, 6.07) is -5.87. The van der Waals surface area contributed by atoms with Crippen LogP contribution in [0.25, 0.3) is 0 Å². The Balaban J connectivity index is -0.000000572.